The van der Waals surface area contributed by atoms with Gasteiger partial charge in [-0.3, -0.25) is 4.79 Å². The third-order valence-electron chi connectivity index (χ3n) is 4.17. The standard InChI is InChI=1S/C17H26N2O.ClH/c1-18-13-17(20)19-16(15-10-6-3-7-11-15)12-14-8-4-2-5-9-14;/h3,6-7,10-11,14,16,18H,2,4-5,8-9,12-13H2,1H3,(H,19,20);1H. The number of amides is 1. The molecule has 0 bridgehead atoms. The van der Waals surface area contributed by atoms with Gasteiger partial charge in [0.1, 0.15) is 0 Å². The van der Waals surface area contributed by atoms with Crippen LogP contribution >= 0.6 is 12.4 Å². The van der Waals surface area contributed by atoms with E-state index in [0.717, 1.165) is 12.3 Å². The minimum absolute atomic E-state index is 0. The molecule has 1 aliphatic rings. The Kier molecular flexibility index (Phi) is 8.40. The van der Waals surface area contributed by atoms with Gasteiger partial charge in [0.25, 0.3) is 0 Å². The van der Waals surface area contributed by atoms with Crippen molar-refractivity contribution in [2.45, 2.75) is 44.6 Å². The second-order valence-corrected chi connectivity index (χ2v) is 5.80. The highest BCUT2D eigenvalue weighted by molar-refractivity contribution is 5.85. The van der Waals surface area contributed by atoms with Crippen molar-refractivity contribution in [3.05, 3.63) is 35.9 Å². The van der Waals surface area contributed by atoms with Crippen LogP contribution in [0.1, 0.15) is 50.1 Å². The molecule has 118 valence electrons. The van der Waals surface area contributed by atoms with Crippen LogP contribution in [-0.4, -0.2) is 19.5 Å². The van der Waals surface area contributed by atoms with Gasteiger partial charge in [0.05, 0.1) is 12.6 Å². The van der Waals surface area contributed by atoms with E-state index in [0.29, 0.717) is 6.54 Å². The van der Waals surface area contributed by atoms with Crippen LogP contribution in [-0.2, 0) is 4.79 Å². The summed E-state index contributed by atoms with van der Waals surface area (Å²) in [5.41, 5.74) is 1.22. The monoisotopic (exact) mass is 310 g/mol. The van der Waals surface area contributed by atoms with Crippen LogP contribution in [0.2, 0.25) is 0 Å². The van der Waals surface area contributed by atoms with Crippen LogP contribution in [0.4, 0.5) is 0 Å². The van der Waals surface area contributed by atoms with E-state index in [4.69, 9.17) is 0 Å². The number of benzene rings is 1. The van der Waals surface area contributed by atoms with Crippen LogP contribution in [0.5, 0.6) is 0 Å². The molecule has 2 rings (SSSR count). The average molecular weight is 311 g/mol. The third-order valence-corrected chi connectivity index (χ3v) is 4.17. The summed E-state index contributed by atoms with van der Waals surface area (Å²) in [6, 6.07) is 10.5. The number of hydrogen-bond acceptors (Lipinski definition) is 2. The van der Waals surface area contributed by atoms with Crippen molar-refractivity contribution >= 4 is 18.3 Å². The first-order valence-corrected chi connectivity index (χ1v) is 7.78. The van der Waals surface area contributed by atoms with Crippen molar-refractivity contribution in [2.24, 2.45) is 5.92 Å². The van der Waals surface area contributed by atoms with Gasteiger partial charge in [-0.05, 0) is 24.9 Å². The van der Waals surface area contributed by atoms with Gasteiger partial charge in [-0.25, -0.2) is 0 Å². The van der Waals surface area contributed by atoms with E-state index < -0.39 is 0 Å². The predicted octanol–water partition coefficient (Wildman–Crippen LogP) is 3.46. The summed E-state index contributed by atoms with van der Waals surface area (Å²) in [5.74, 6) is 0.834. The van der Waals surface area contributed by atoms with Crippen molar-refractivity contribution in [1.29, 1.82) is 0 Å². The summed E-state index contributed by atoms with van der Waals surface area (Å²) in [5, 5.41) is 6.10. The maximum Gasteiger partial charge on any atom is 0.234 e. The Morgan fingerprint density at radius 3 is 2.48 bits per heavy atom. The zero-order chi connectivity index (χ0) is 14.2. The Hall–Kier alpha value is -1.06. The topological polar surface area (TPSA) is 41.1 Å². The molecule has 4 heteroatoms. The van der Waals surface area contributed by atoms with Crippen molar-refractivity contribution in [3.63, 3.8) is 0 Å². The van der Waals surface area contributed by atoms with Crippen LogP contribution < -0.4 is 10.6 Å². The van der Waals surface area contributed by atoms with Gasteiger partial charge in [-0.2, -0.15) is 0 Å². The summed E-state index contributed by atoms with van der Waals surface area (Å²) in [6.45, 7) is 0.383. The maximum absolute atomic E-state index is 11.9. The summed E-state index contributed by atoms with van der Waals surface area (Å²) in [4.78, 5) is 11.9. The number of nitrogens with one attached hydrogen (secondary N) is 2. The second kappa shape index (κ2) is 9.80. The Balaban J connectivity index is 0.00000220. The number of carbonyl (C=O) groups excluding carboxylic acids is 1. The van der Waals surface area contributed by atoms with Crippen LogP contribution in [0.15, 0.2) is 30.3 Å². The van der Waals surface area contributed by atoms with Crippen molar-refractivity contribution in [2.75, 3.05) is 13.6 Å². The molecule has 2 N–H and O–H groups in total. The fourth-order valence-electron chi connectivity index (χ4n) is 3.13. The van der Waals surface area contributed by atoms with Crippen LogP contribution in [0.25, 0.3) is 0 Å². The number of halogens is 1. The lowest BCUT2D eigenvalue weighted by Gasteiger charge is -2.27. The molecule has 0 heterocycles. The molecule has 1 fully saturated rings. The summed E-state index contributed by atoms with van der Waals surface area (Å²) in [7, 11) is 1.80. The zero-order valence-corrected chi connectivity index (χ0v) is 13.6. The number of carbonyl (C=O) groups is 1. The minimum atomic E-state index is 0. The molecule has 1 aliphatic carbocycles. The largest absolute Gasteiger partial charge is 0.348 e. The highest BCUT2D eigenvalue weighted by Crippen LogP contribution is 2.31. The quantitative estimate of drug-likeness (QED) is 0.845. The Bertz CT molecular complexity index is 405. The first-order chi connectivity index (χ1) is 9.79. The molecule has 1 aromatic rings. The van der Waals surface area contributed by atoms with E-state index in [1.807, 2.05) is 18.2 Å². The van der Waals surface area contributed by atoms with Gasteiger partial charge in [-0.15, -0.1) is 12.4 Å². The zero-order valence-electron chi connectivity index (χ0n) is 12.8. The molecule has 1 saturated carbocycles. The molecule has 0 saturated heterocycles. The van der Waals surface area contributed by atoms with E-state index in [1.165, 1.54) is 37.7 Å². The van der Waals surface area contributed by atoms with Gasteiger partial charge >= 0.3 is 0 Å². The molecule has 0 spiro atoms. The fourth-order valence-corrected chi connectivity index (χ4v) is 3.13. The van der Waals surface area contributed by atoms with E-state index in [2.05, 4.69) is 22.8 Å². The number of rotatable bonds is 6. The Labute approximate surface area is 134 Å². The van der Waals surface area contributed by atoms with E-state index in [-0.39, 0.29) is 24.4 Å². The number of likely N-dealkylation sites (N-methyl/N-ethyl adjacent to an activating group) is 1. The highest BCUT2D eigenvalue weighted by Gasteiger charge is 2.21. The lowest BCUT2D eigenvalue weighted by Crippen LogP contribution is -2.36. The van der Waals surface area contributed by atoms with E-state index in [1.54, 1.807) is 7.05 Å². The minimum Gasteiger partial charge on any atom is -0.348 e. The van der Waals surface area contributed by atoms with Gasteiger partial charge in [0.15, 0.2) is 0 Å². The molecule has 1 atom stereocenters. The van der Waals surface area contributed by atoms with Crippen molar-refractivity contribution in [1.82, 2.24) is 10.6 Å². The van der Waals surface area contributed by atoms with Gasteiger partial charge in [-0.1, -0.05) is 62.4 Å². The number of hydrogen-bond donors (Lipinski definition) is 2. The van der Waals surface area contributed by atoms with Gasteiger partial charge < -0.3 is 10.6 Å². The Morgan fingerprint density at radius 2 is 1.86 bits per heavy atom. The second-order valence-electron chi connectivity index (χ2n) is 5.80. The van der Waals surface area contributed by atoms with E-state index >= 15 is 0 Å². The maximum atomic E-state index is 11.9. The molecule has 21 heavy (non-hydrogen) atoms. The van der Waals surface area contributed by atoms with Crippen molar-refractivity contribution < 1.29 is 4.79 Å². The van der Waals surface area contributed by atoms with Crippen molar-refractivity contribution in [3.8, 4) is 0 Å². The smallest absolute Gasteiger partial charge is 0.234 e. The van der Waals surface area contributed by atoms with E-state index in [9.17, 15) is 4.79 Å². The summed E-state index contributed by atoms with van der Waals surface area (Å²) >= 11 is 0. The highest BCUT2D eigenvalue weighted by atomic mass is 35.5. The molecule has 1 amide bonds. The molecular formula is C17H27ClN2O. The lowest BCUT2D eigenvalue weighted by atomic mass is 9.83. The summed E-state index contributed by atoms with van der Waals surface area (Å²) < 4.78 is 0. The average Bonchev–Trinajstić information content (AvgIpc) is 2.49. The summed E-state index contributed by atoms with van der Waals surface area (Å²) in [6.07, 6.45) is 7.75. The molecular weight excluding hydrogens is 284 g/mol. The third kappa shape index (κ3) is 6.06. The molecule has 3 nitrogen and oxygen atoms in total. The van der Waals surface area contributed by atoms with Gasteiger partial charge in [0, 0.05) is 0 Å². The van der Waals surface area contributed by atoms with Gasteiger partial charge in [0.2, 0.25) is 5.91 Å². The molecule has 0 radical (unpaired) electrons. The van der Waals surface area contributed by atoms with Crippen LogP contribution in [0.3, 0.4) is 0 Å². The normalized spacial score (nSPS) is 16.8. The predicted molar refractivity (Wildman–Crippen MR) is 89.7 cm³/mol. The first kappa shape index (κ1) is 18.0. The molecule has 1 aromatic carbocycles. The Morgan fingerprint density at radius 1 is 1.19 bits per heavy atom. The molecule has 0 aromatic heterocycles. The van der Waals surface area contributed by atoms with Crippen LogP contribution in [0, 0.1) is 5.92 Å². The lowest BCUT2D eigenvalue weighted by molar-refractivity contribution is -0.121. The fraction of sp³-hybridized carbons (Fsp3) is 0.588. The first-order valence-electron chi connectivity index (χ1n) is 7.78. The SMILES string of the molecule is CNCC(=O)NC(CC1CCCCC1)c1ccccc1.Cl. The molecule has 1 unspecified atom stereocenters. The molecule has 0 aliphatic heterocycles.